The van der Waals surface area contributed by atoms with Crippen molar-refractivity contribution in [3.63, 3.8) is 0 Å². The SMILES string of the molecule is Cc1ccc(C(O)CC(O)c2ccc(C)c(C)c2)cc1C.Cc1ccc(C(O)CC(O)c2ccc(C)c(C)c2)cc1C.[Cu]. The molecule has 0 fully saturated rings. The second kappa shape index (κ2) is 16.4. The van der Waals surface area contributed by atoms with Gasteiger partial charge in [0.1, 0.15) is 0 Å². The molecule has 0 bridgehead atoms. The smallest absolute Gasteiger partial charge is 0.0818 e. The van der Waals surface area contributed by atoms with Crippen LogP contribution in [0.3, 0.4) is 0 Å². The maximum Gasteiger partial charge on any atom is 0.0818 e. The van der Waals surface area contributed by atoms with Crippen molar-refractivity contribution < 1.29 is 37.5 Å². The van der Waals surface area contributed by atoms with Gasteiger partial charge in [0.2, 0.25) is 0 Å². The molecule has 0 aliphatic heterocycles. The Morgan fingerprint density at radius 3 is 0.698 bits per heavy atom. The maximum atomic E-state index is 10.3. The largest absolute Gasteiger partial charge is 0.388 e. The van der Waals surface area contributed by atoms with E-state index in [0.29, 0.717) is 12.8 Å². The van der Waals surface area contributed by atoms with Gasteiger partial charge in [-0.05, 0) is 122 Å². The van der Waals surface area contributed by atoms with Crippen molar-refractivity contribution in [3.05, 3.63) is 140 Å². The maximum absolute atomic E-state index is 10.3. The summed E-state index contributed by atoms with van der Waals surface area (Å²) in [6.45, 7) is 16.3. The van der Waals surface area contributed by atoms with Gasteiger partial charge < -0.3 is 20.4 Å². The van der Waals surface area contributed by atoms with Crippen LogP contribution in [0.15, 0.2) is 72.8 Å². The molecule has 0 aromatic heterocycles. The average molecular weight is 632 g/mol. The average Bonchev–Trinajstić information content (AvgIpc) is 2.94. The third-order valence-electron chi connectivity index (χ3n) is 8.56. The van der Waals surface area contributed by atoms with Gasteiger partial charge in [0.05, 0.1) is 24.4 Å². The second-order valence-corrected chi connectivity index (χ2v) is 11.9. The Balaban J connectivity index is 0.000000293. The predicted molar refractivity (Wildman–Crippen MR) is 173 cm³/mol. The molecule has 4 nitrogen and oxygen atoms in total. The zero-order valence-corrected chi connectivity index (χ0v) is 27.7. The minimum Gasteiger partial charge on any atom is -0.388 e. The minimum atomic E-state index is -0.652. The minimum absolute atomic E-state index is 0. The Labute approximate surface area is 268 Å². The Kier molecular flexibility index (Phi) is 13.9. The Hall–Kier alpha value is -2.76. The quantitative estimate of drug-likeness (QED) is 0.148. The van der Waals surface area contributed by atoms with Gasteiger partial charge in [-0.25, -0.2) is 0 Å². The van der Waals surface area contributed by atoms with Crippen LogP contribution in [0.25, 0.3) is 0 Å². The van der Waals surface area contributed by atoms with E-state index in [0.717, 1.165) is 44.5 Å². The van der Waals surface area contributed by atoms with Crippen molar-refractivity contribution in [1.29, 1.82) is 0 Å². The number of benzene rings is 4. The standard InChI is InChI=1S/2C19H24O2.Cu/c2*1-12-5-7-16(9-14(12)3)18(20)11-19(21)17-8-6-13(2)15(4)10-17;/h2*5-10,18-21H,11H2,1-4H3;. The zero-order valence-electron chi connectivity index (χ0n) is 26.7. The molecule has 0 spiro atoms. The van der Waals surface area contributed by atoms with Crippen LogP contribution in [-0.2, 0) is 17.1 Å². The first kappa shape index (κ1) is 36.4. The van der Waals surface area contributed by atoms with E-state index in [1.54, 1.807) is 0 Å². The fourth-order valence-corrected chi connectivity index (χ4v) is 4.85. The van der Waals surface area contributed by atoms with Crippen molar-refractivity contribution in [2.45, 2.75) is 92.6 Å². The number of aliphatic hydroxyl groups excluding tert-OH is 4. The van der Waals surface area contributed by atoms with Crippen LogP contribution < -0.4 is 0 Å². The fourth-order valence-electron chi connectivity index (χ4n) is 4.85. The van der Waals surface area contributed by atoms with Crippen LogP contribution in [0.5, 0.6) is 0 Å². The summed E-state index contributed by atoms with van der Waals surface area (Å²) in [5.74, 6) is 0. The summed E-state index contributed by atoms with van der Waals surface area (Å²) in [6, 6.07) is 23.7. The number of aliphatic hydroxyl groups is 4. The van der Waals surface area contributed by atoms with Gasteiger partial charge in [-0.3, -0.25) is 0 Å². The van der Waals surface area contributed by atoms with E-state index in [4.69, 9.17) is 0 Å². The molecule has 4 unspecified atom stereocenters. The van der Waals surface area contributed by atoms with Crippen molar-refractivity contribution in [3.8, 4) is 0 Å². The molecule has 43 heavy (non-hydrogen) atoms. The normalized spacial score (nSPS) is 13.7. The monoisotopic (exact) mass is 631 g/mol. The summed E-state index contributed by atoms with van der Waals surface area (Å²) in [4.78, 5) is 0. The molecule has 5 heteroatoms. The molecule has 0 saturated heterocycles. The Morgan fingerprint density at radius 2 is 0.535 bits per heavy atom. The van der Waals surface area contributed by atoms with Crippen LogP contribution in [0.2, 0.25) is 0 Å². The number of hydrogen-bond acceptors (Lipinski definition) is 4. The van der Waals surface area contributed by atoms with E-state index < -0.39 is 24.4 Å². The molecule has 4 aromatic rings. The van der Waals surface area contributed by atoms with E-state index in [2.05, 4.69) is 27.7 Å². The van der Waals surface area contributed by atoms with Crippen LogP contribution in [-0.4, -0.2) is 20.4 Å². The Bertz CT molecular complexity index is 1270. The summed E-state index contributed by atoms with van der Waals surface area (Å²) in [6.07, 6.45) is -1.99. The molecular weight excluding hydrogens is 584 g/mol. The van der Waals surface area contributed by atoms with E-state index in [1.165, 1.54) is 22.3 Å². The number of rotatable bonds is 8. The molecule has 0 aliphatic carbocycles. The summed E-state index contributed by atoms with van der Waals surface area (Å²) < 4.78 is 0. The summed E-state index contributed by atoms with van der Waals surface area (Å²) in [7, 11) is 0. The van der Waals surface area contributed by atoms with Crippen LogP contribution in [0, 0.1) is 55.4 Å². The molecule has 0 saturated carbocycles. The molecule has 235 valence electrons. The molecule has 0 aliphatic rings. The van der Waals surface area contributed by atoms with Gasteiger partial charge in [-0.1, -0.05) is 72.8 Å². The molecule has 1 radical (unpaired) electrons. The second-order valence-electron chi connectivity index (χ2n) is 11.9. The topological polar surface area (TPSA) is 80.9 Å². The first-order valence-corrected chi connectivity index (χ1v) is 14.8. The van der Waals surface area contributed by atoms with Crippen molar-refractivity contribution in [1.82, 2.24) is 0 Å². The molecule has 4 rings (SSSR count). The predicted octanol–water partition coefficient (Wildman–Crippen LogP) is 8.15. The first-order valence-electron chi connectivity index (χ1n) is 14.8. The molecule has 0 heterocycles. The van der Waals surface area contributed by atoms with Gasteiger partial charge in [0.25, 0.3) is 0 Å². The van der Waals surface area contributed by atoms with Crippen molar-refractivity contribution in [2.75, 3.05) is 0 Å². The van der Waals surface area contributed by atoms with Crippen LogP contribution >= 0.6 is 0 Å². The third-order valence-corrected chi connectivity index (χ3v) is 8.56. The van der Waals surface area contributed by atoms with E-state index in [-0.39, 0.29) is 17.1 Å². The van der Waals surface area contributed by atoms with Gasteiger partial charge in [0.15, 0.2) is 0 Å². The molecule has 4 aromatic carbocycles. The zero-order chi connectivity index (χ0) is 31.1. The third kappa shape index (κ3) is 10.1. The molecule has 4 atom stereocenters. The molecular formula is C38H48CuO4. The summed E-state index contributed by atoms with van der Waals surface area (Å²) >= 11 is 0. The van der Waals surface area contributed by atoms with E-state index >= 15 is 0 Å². The van der Waals surface area contributed by atoms with Gasteiger partial charge in [0, 0.05) is 29.9 Å². The van der Waals surface area contributed by atoms with E-state index in [1.807, 2.05) is 100 Å². The summed E-state index contributed by atoms with van der Waals surface area (Å²) in [5, 5.41) is 41.3. The molecule has 0 amide bonds. The fraction of sp³-hybridized carbons (Fsp3) is 0.368. The van der Waals surface area contributed by atoms with Crippen molar-refractivity contribution in [2.24, 2.45) is 0 Å². The van der Waals surface area contributed by atoms with Gasteiger partial charge in [-0.2, -0.15) is 0 Å². The van der Waals surface area contributed by atoms with Crippen LogP contribution in [0.4, 0.5) is 0 Å². The number of aryl methyl sites for hydroxylation is 8. The van der Waals surface area contributed by atoms with Crippen molar-refractivity contribution >= 4 is 0 Å². The molecule has 4 N–H and O–H groups in total. The van der Waals surface area contributed by atoms with Crippen LogP contribution in [0.1, 0.15) is 104 Å². The first-order chi connectivity index (χ1) is 19.8. The van der Waals surface area contributed by atoms with E-state index in [9.17, 15) is 20.4 Å². The Morgan fingerprint density at radius 1 is 0.349 bits per heavy atom. The van der Waals surface area contributed by atoms with Gasteiger partial charge >= 0.3 is 0 Å². The summed E-state index contributed by atoms with van der Waals surface area (Å²) in [5.41, 5.74) is 12.9. The number of hydrogen-bond donors (Lipinski definition) is 4. The van der Waals surface area contributed by atoms with Gasteiger partial charge in [-0.15, -0.1) is 0 Å².